The van der Waals surface area contributed by atoms with Crippen molar-refractivity contribution in [3.8, 4) is 0 Å². The number of carbonyl (C=O) groups excluding carboxylic acids is 1. The zero-order valence-corrected chi connectivity index (χ0v) is 9.66. The van der Waals surface area contributed by atoms with Crippen molar-refractivity contribution in [1.29, 1.82) is 0 Å². The van der Waals surface area contributed by atoms with E-state index in [9.17, 15) is 9.90 Å². The maximum absolute atomic E-state index is 11.5. The number of anilines is 2. The van der Waals surface area contributed by atoms with E-state index >= 15 is 0 Å². The molecule has 1 aliphatic heterocycles. The lowest BCUT2D eigenvalue weighted by Crippen LogP contribution is -2.41. The van der Waals surface area contributed by atoms with Crippen LogP contribution in [0.3, 0.4) is 0 Å². The third kappa shape index (κ3) is 2.13. The molecule has 2 rings (SSSR count). The Labute approximate surface area is 98.8 Å². The lowest BCUT2D eigenvalue weighted by Gasteiger charge is -2.32. The summed E-state index contributed by atoms with van der Waals surface area (Å²) in [4.78, 5) is 13.3. The Morgan fingerprint density at radius 2 is 2.38 bits per heavy atom. The highest BCUT2D eigenvalue weighted by Crippen LogP contribution is 2.35. The highest BCUT2D eigenvalue weighted by atomic mass is 35.5. The summed E-state index contributed by atoms with van der Waals surface area (Å²) in [5.41, 5.74) is 1.48. The molecule has 86 valence electrons. The molecule has 1 amide bonds. The van der Waals surface area contributed by atoms with Crippen LogP contribution in [0.2, 0.25) is 5.02 Å². The highest BCUT2D eigenvalue weighted by molar-refractivity contribution is 6.34. The number of carbonyl (C=O) groups is 1. The van der Waals surface area contributed by atoms with Gasteiger partial charge in [0.15, 0.2) is 0 Å². The molecular formula is C11H13ClN2O2. The first-order valence-electron chi connectivity index (χ1n) is 5.09. The van der Waals surface area contributed by atoms with Gasteiger partial charge >= 0.3 is 0 Å². The van der Waals surface area contributed by atoms with Crippen LogP contribution in [-0.4, -0.2) is 30.2 Å². The minimum Gasteiger partial charge on any atom is -0.392 e. The molecule has 1 unspecified atom stereocenters. The van der Waals surface area contributed by atoms with E-state index in [4.69, 9.17) is 11.6 Å². The molecule has 0 bridgehead atoms. The Hall–Kier alpha value is -1.26. The van der Waals surface area contributed by atoms with E-state index in [1.54, 1.807) is 13.0 Å². The number of nitrogens with one attached hydrogen (secondary N) is 1. The van der Waals surface area contributed by atoms with E-state index in [0.717, 1.165) is 5.69 Å². The van der Waals surface area contributed by atoms with Gasteiger partial charge in [-0.2, -0.15) is 0 Å². The standard InChI is InChI=1S/C11H13ClN2O2/c1-7(15)5-14-6-10(16)13-11-8(12)3-2-4-9(11)14/h2-4,7,15H,5-6H2,1H3,(H,13,16). The van der Waals surface area contributed by atoms with Gasteiger partial charge in [-0.1, -0.05) is 17.7 Å². The number of aliphatic hydroxyl groups excluding tert-OH is 1. The van der Waals surface area contributed by atoms with Gasteiger partial charge in [0, 0.05) is 6.54 Å². The van der Waals surface area contributed by atoms with Gasteiger partial charge in [-0.15, -0.1) is 0 Å². The molecule has 0 aromatic heterocycles. The molecule has 16 heavy (non-hydrogen) atoms. The molecule has 1 aromatic rings. The molecule has 5 heteroatoms. The quantitative estimate of drug-likeness (QED) is 0.823. The van der Waals surface area contributed by atoms with Crippen molar-refractivity contribution in [3.05, 3.63) is 23.2 Å². The first-order chi connectivity index (χ1) is 7.58. The van der Waals surface area contributed by atoms with E-state index in [0.29, 0.717) is 17.3 Å². The van der Waals surface area contributed by atoms with Crippen molar-refractivity contribution < 1.29 is 9.90 Å². The Kier molecular flexibility index (Phi) is 3.03. The van der Waals surface area contributed by atoms with Crippen LogP contribution in [0.25, 0.3) is 0 Å². The number of nitrogens with zero attached hydrogens (tertiary/aromatic N) is 1. The first-order valence-corrected chi connectivity index (χ1v) is 5.47. The Morgan fingerprint density at radius 3 is 3.06 bits per heavy atom. The molecule has 0 saturated carbocycles. The molecular weight excluding hydrogens is 228 g/mol. The number of fused-ring (bicyclic) bond motifs is 1. The molecule has 0 radical (unpaired) electrons. The van der Waals surface area contributed by atoms with Crippen LogP contribution in [-0.2, 0) is 4.79 Å². The second-order valence-corrected chi connectivity index (χ2v) is 4.32. The molecule has 1 heterocycles. The maximum Gasteiger partial charge on any atom is 0.243 e. The number of aliphatic hydroxyl groups is 1. The van der Waals surface area contributed by atoms with Crippen LogP contribution in [0, 0.1) is 0 Å². The highest BCUT2D eigenvalue weighted by Gasteiger charge is 2.24. The Bertz CT molecular complexity index is 420. The van der Waals surface area contributed by atoms with Crippen molar-refractivity contribution in [2.45, 2.75) is 13.0 Å². The minimum atomic E-state index is -0.488. The molecule has 0 spiro atoms. The number of halogens is 1. The van der Waals surface area contributed by atoms with Crippen molar-refractivity contribution >= 4 is 28.9 Å². The van der Waals surface area contributed by atoms with Gasteiger partial charge in [-0.05, 0) is 19.1 Å². The summed E-state index contributed by atoms with van der Waals surface area (Å²) < 4.78 is 0. The largest absolute Gasteiger partial charge is 0.392 e. The van der Waals surface area contributed by atoms with Gasteiger partial charge in [0.25, 0.3) is 0 Å². The zero-order chi connectivity index (χ0) is 11.7. The summed E-state index contributed by atoms with van der Waals surface area (Å²) in [6.07, 6.45) is -0.488. The third-order valence-corrected chi connectivity index (χ3v) is 2.73. The summed E-state index contributed by atoms with van der Waals surface area (Å²) in [5.74, 6) is -0.110. The van der Waals surface area contributed by atoms with Crippen LogP contribution in [0.4, 0.5) is 11.4 Å². The van der Waals surface area contributed by atoms with Crippen molar-refractivity contribution in [2.24, 2.45) is 0 Å². The van der Waals surface area contributed by atoms with E-state index in [1.807, 2.05) is 17.0 Å². The number of rotatable bonds is 2. The van der Waals surface area contributed by atoms with Gasteiger partial charge in [0.2, 0.25) is 5.91 Å². The van der Waals surface area contributed by atoms with E-state index < -0.39 is 6.10 Å². The SMILES string of the molecule is CC(O)CN1CC(=O)Nc2c(Cl)cccc21. The molecule has 1 atom stereocenters. The summed E-state index contributed by atoms with van der Waals surface area (Å²) in [6, 6.07) is 5.43. The summed E-state index contributed by atoms with van der Waals surface area (Å²) in [6.45, 7) is 2.36. The Balaban J connectivity index is 2.38. The second-order valence-electron chi connectivity index (χ2n) is 3.91. The summed E-state index contributed by atoms with van der Waals surface area (Å²) >= 11 is 6.01. The van der Waals surface area contributed by atoms with Crippen LogP contribution in [0.5, 0.6) is 0 Å². The van der Waals surface area contributed by atoms with Gasteiger partial charge < -0.3 is 15.3 Å². The number of β-amino-alcohol motifs (C(OH)–C–C–N with tert-alkyl or cyclic N) is 1. The zero-order valence-electron chi connectivity index (χ0n) is 8.90. The summed E-state index contributed by atoms with van der Waals surface area (Å²) in [5, 5.41) is 12.6. The lowest BCUT2D eigenvalue weighted by molar-refractivity contribution is -0.115. The summed E-state index contributed by atoms with van der Waals surface area (Å²) in [7, 11) is 0. The fraction of sp³-hybridized carbons (Fsp3) is 0.364. The van der Waals surface area contributed by atoms with Gasteiger partial charge in [0.1, 0.15) is 0 Å². The average molecular weight is 241 g/mol. The fourth-order valence-electron chi connectivity index (χ4n) is 1.82. The van der Waals surface area contributed by atoms with Crippen LogP contribution < -0.4 is 10.2 Å². The van der Waals surface area contributed by atoms with Crippen molar-refractivity contribution in [2.75, 3.05) is 23.3 Å². The van der Waals surface area contributed by atoms with E-state index in [-0.39, 0.29) is 12.5 Å². The monoisotopic (exact) mass is 240 g/mol. The fourth-order valence-corrected chi connectivity index (χ4v) is 2.04. The normalized spacial score (nSPS) is 16.7. The van der Waals surface area contributed by atoms with Crippen molar-refractivity contribution in [1.82, 2.24) is 0 Å². The van der Waals surface area contributed by atoms with E-state index in [1.165, 1.54) is 0 Å². The molecule has 1 aliphatic rings. The molecule has 0 fully saturated rings. The number of hydrogen-bond acceptors (Lipinski definition) is 3. The molecule has 2 N–H and O–H groups in total. The molecule has 1 aromatic carbocycles. The van der Waals surface area contributed by atoms with Gasteiger partial charge in [0.05, 0.1) is 29.0 Å². The first kappa shape index (κ1) is 11.2. The molecule has 0 saturated heterocycles. The number of hydrogen-bond donors (Lipinski definition) is 2. The van der Waals surface area contributed by atoms with Crippen LogP contribution >= 0.6 is 11.6 Å². The van der Waals surface area contributed by atoms with E-state index in [2.05, 4.69) is 5.32 Å². The number of benzene rings is 1. The van der Waals surface area contributed by atoms with Crippen molar-refractivity contribution in [3.63, 3.8) is 0 Å². The maximum atomic E-state index is 11.5. The lowest BCUT2D eigenvalue weighted by atomic mass is 10.2. The van der Waals surface area contributed by atoms with Crippen LogP contribution in [0.1, 0.15) is 6.92 Å². The molecule has 0 aliphatic carbocycles. The molecule has 4 nitrogen and oxygen atoms in total. The predicted octanol–water partition coefficient (Wildman–Crippen LogP) is 1.48. The smallest absolute Gasteiger partial charge is 0.243 e. The minimum absolute atomic E-state index is 0.110. The van der Waals surface area contributed by atoms with Gasteiger partial charge in [-0.25, -0.2) is 0 Å². The topological polar surface area (TPSA) is 52.6 Å². The van der Waals surface area contributed by atoms with Gasteiger partial charge in [-0.3, -0.25) is 4.79 Å². The number of amides is 1. The Morgan fingerprint density at radius 1 is 1.62 bits per heavy atom. The predicted molar refractivity (Wildman–Crippen MR) is 64.0 cm³/mol. The third-order valence-electron chi connectivity index (χ3n) is 2.42. The number of para-hydroxylation sites is 1. The average Bonchev–Trinajstić information content (AvgIpc) is 2.18. The van der Waals surface area contributed by atoms with Crippen LogP contribution in [0.15, 0.2) is 18.2 Å². The second kappa shape index (κ2) is 4.31.